The van der Waals surface area contributed by atoms with Gasteiger partial charge in [0.1, 0.15) is 0 Å². The van der Waals surface area contributed by atoms with E-state index in [0.717, 1.165) is 25.3 Å². The van der Waals surface area contributed by atoms with Crippen molar-refractivity contribution in [3.8, 4) is 0 Å². The van der Waals surface area contributed by atoms with Crippen molar-refractivity contribution < 1.29 is 5.11 Å². The van der Waals surface area contributed by atoms with Crippen LogP contribution in [0.15, 0.2) is 0 Å². The zero-order valence-electron chi connectivity index (χ0n) is 11.3. The van der Waals surface area contributed by atoms with Crippen LogP contribution in [-0.4, -0.2) is 58.7 Å². The third-order valence-corrected chi connectivity index (χ3v) is 5.46. The summed E-state index contributed by atoms with van der Waals surface area (Å²) >= 11 is 1.96. The van der Waals surface area contributed by atoms with Gasteiger partial charge in [-0.2, -0.15) is 0 Å². The van der Waals surface area contributed by atoms with E-state index in [-0.39, 0.29) is 12.3 Å². The van der Waals surface area contributed by atoms with E-state index in [4.69, 9.17) is 10.8 Å². The molecule has 2 fully saturated rings. The number of nitrogens with one attached hydrogen (secondary N) is 2. The van der Waals surface area contributed by atoms with Gasteiger partial charge in [-0.3, -0.25) is 15.5 Å². The van der Waals surface area contributed by atoms with E-state index in [1.165, 1.54) is 0 Å². The van der Waals surface area contributed by atoms with Gasteiger partial charge in [0, 0.05) is 36.4 Å². The molecule has 5 nitrogen and oxygen atoms in total. The Balaban J connectivity index is 1.82. The van der Waals surface area contributed by atoms with Crippen molar-refractivity contribution in [2.24, 2.45) is 5.73 Å². The highest BCUT2D eigenvalue weighted by molar-refractivity contribution is 8.00. The van der Waals surface area contributed by atoms with Crippen LogP contribution in [0.25, 0.3) is 0 Å². The molecule has 5 unspecified atom stereocenters. The number of thioether (sulfide) groups is 1. The Labute approximate surface area is 114 Å². The smallest absolute Gasteiger partial charge is 0.0573 e. The molecule has 106 valence electrons. The maximum absolute atomic E-state index is 9.05. The zero-order valence-corrected chi connectivity index (χ0v) is 12.1. The van der Waals surface area contributed by atoms with Crippen LogP contribution >= 0.6 is 11.8 Å². The topological polar surface area (TPSA) is 73.5 Å². The summed E-state index contributed by atoms with van der Waals surface area (Å²) in [5.74, 6) is 1.07. The fourth-order valence-electron chi connectivity index (χ4n) is 2.93. The van der Waals surface area contributed by atoms with Crippen molar-refractivity contribution in [1.82, 2.24) is 15.5 Å². The molecule has 0 spiro atoms. The lowest BCUT2D eigenvalue weighted by Gasteiger charge is -2.37. The average molecular weight is 274 g/mol. The summed E-state index contributed by atoms with van der Waals surface area (Å²) < 4.78 is 0. The standard InChI is InChI=1S/C12H26N4OS/c1-8-11(3-4-17)18-7-16(8)6-10-5-12(13)15-9(2)14-10/h8-12,14-15,17H,3-7,13H2,1-2H3. The lowest BCUT2D eigenvalue weighted by Crippen LogP contribution is -2.62. The molecule has 5 atom stereocenters. The number of nitrogens with two attached hydrogens (primary N) is 1. The maximum Gasteiger partial charge on any atom is 0.0573 e. The molecule has 0 bridgehead atoms. The van der Waals surface area contributed by atoms with Crippen LogP contribution in [0.1, 0.15) is 26.7 Å². The summed E-state index contributed by atoms with van der Waals surface area (Å²) in [6.07, 6.45) is 2.27. The first-order chi connectivity index (χ1) is 8.60. The number of rotatable bonds is 4. The van der Waals surface area contributed by atoms with Crippen LogP contribution in [0.5, 0.6) is 0 Å². The Hall–Kier alpha value is 0.150. The number of hydrogen-bond acceptors (Lipinski definition) is 6. The summed E-state index contributed by atoms with van der Waals surface area (Å²) in [6, 6.07) is 1.01. The minimum Gasteiger partial charge on any atom is -0.396 e. The highest BCUT2D eigenvalue weighted by atomic mass is 32.2. The first kappa shape index (κ1) is 14.6. The van der Waals surface area contributed by atoms with Crippen molar-refractivity contribution >= 4 is 11.8 Å². The average Bonchev–Trinajstić information content (AvgIpc) is 2.61. The van der Waals surface area contributed by atoms with E-state index >= 15 is 0 Å². The zero-order chi connectivity index (χ0) is 13.1. The van der Waals surface area contributed by atoms with Crippen LogP contribution < -0.4 is 16.4 Å². The normalized spacial score (nSPS) is 42.3. The summed E-state index contributed by atoms with van der Waals surface area (Å²) in [6.45, 7) is 5.73. The first-order valence-electron chi connectivity index (χ1n) is 6.84. The summed E-state index contributed by atoms with van der Waals surface area (Å²) in [7, 11) is 0. The van der Waals surface area contributed by atoms with Gasteiger partial charge in [-0.05, 0) is 26.7 Å². The van der Waals surface area contributed by atoms with Gasteiger partial charge in [0.25, 0.3) is 0 Å². The molecule has 2 aliphatic rings. The summed E-state index contributed by atoms with van der Waals surface area (Å²) in [5, 5.41) is 16.5. The Bertz CT molecular complexity index is 258. The Kier molecular flexibility index (Phi) is 5.29. The minimum absolute atomic E-state index is 0.102. The molecule has 0 saturated carbocycles. The molecule has 5 N–H and O–H groups in total. The molecule has 2 saturated heterocycles. The molecule has 0 amide bonds. The summed E-state index contributed by atoms with van der Waals surface area (Å²) in [5.41, 5.74) is 5.99. The van der Waals surface area contributed by atoms with Gasteiger partial charge in [-0.25, -0.2) is 0 Å². The van der Waals surface area contributed by atoms with Gasteiger partial charge >= 0.3 is 0 Å². The van der Waals surface area contributed by atoms with Crippen molar-refractivity contribution in [2.45, 2.75) is 56.4 Å². The number of nitrogens with zero attached hydrogens (tertiary/aromatic N) is 1. The maximum atomic E-state index is 9.05. The molecule has 0 aromatic carbocycles. The van der Waals surface area contributed by atoms with Crippen LogP contribution in [0, 0.1) is 0 Å². The quantitative estimate of drug-likeness (QED) is 0.565. The van der Waals surface area contributed by atoms with Gasteiger partial charge < -0.3 is 10.8 Å². The predicted molar refractivity (Wildman–Crippen MR) is 76.2 cm³/mol. The molecule has 2 heterocycles. The minimum atomic E-state index is 0.102. The van der Waals surface area contributed by atoms with Gasteiger partial charge in [-0.1, -0.05) is 0 Å². The second kappa shape index (κ2) is 6.54. The lowest BCUT2D eigenvalue weighted by molar-refractivity contribution is 0.172. The van der Waals surface area contributed by atoms with E-state index in [0.29, 0.717) is 23.9 Å². The van der Waals surface area contributed by atoms with E-state index in [2.05, 4.69) is 29.4 Å². The van der Waals surface area contributed by atoms with Gasteiger partial charge in [0.05, 0.1) is 12.3 Å². The molecular formula is C12H26N4OS. The lowest BCUT2D eigenvalue weighted by atomic mass is 10.1. The number of hydrogen-bond donors (Lipinski definition) is 4. The van der Waals surface area contributed by atoms with E-state index < -0.39 is 0 Å². The van der Waals surface area contributed by atoms with Crippen molar-refractivity contribution in [3.05, 3.63) is 0 Å². The fraction of sp³-hybridized carbons (Fsp3) is 1.00. The van der Waals surface area contributed by atoms with E-state index in [9.17, 15) is 0 Å². The Morgan fingerprint density at radius 3 is 2.83 bits per heavy atom. The van der Waals surface area contributed by atoms with Crippen LogP contribution in [0.3, 0.4) is 0 Å². The fourth-order valence-corrected chi connectivity index (χ4v) is 4.38. The third kappa shape index (κ3) is 3.59. The van der Waals surface area contributed by atoms with Gasteiger partial charge in [0.15, 0.2) is 0 Å². The molecule has 2 aliphatic heterocycles. The Morgan fingerprint density at radius 2 is 2.17 bits per heavy atom. The molecule has 0 aromatic rings. The van der Waals surface area contributed by atoms with E-state index in [1.807, 2.05) is 11.8 Å². The molecule has 0 aliphatic carbocycles. The molecular weight excluding hydrogens is 248 g/mol. The molecule has 0 radical (unpaired) electrons. The first-order valence-corrected chi connectivity index (χ1v) is 7.89. The molecule has 0 aromatic heterocycles. The predicted octanol–water partition coefficient (Wildman–Crippen LogP) is -0.285. The Morgan fingerprint density at radius 1 is 1.39 bits per heavy atom. The monoisotopic (exact) mass is 274 g/mol. The highest BCUT2D eigenvalue weighted by Crippen LogP contribution is 2.31. The van der Waals surface area contributed by atoms with Crippen LogP contribution in [0.2, 0.25) is 0 Å². The van der Waals surface area contributed by atoms with E-state index in [1.54, 1.807) is 0 Å². The van der Waals surface area contributed by atoms with Crippen molar-refractivity contribution in [3.63, 3.8) is 0 Å². The number of aliphatic hydroxyl groups is 1. The molecule has 18 heavy (non-hydrogen) atoms. The second-order valence-electron chi connectivity index (χ2n) is 5.45. The van der Waals surface area contributed by atoms with Gasteiger partial charge in [0.2, 0.25) is 0 Å². The van der Waals surface area contributed by atoms with Crippen LogP contribution in [0.4, 0.5) is 0 Å². The van der Waals surface area contributed by atoms with Gasteiger partial charge in [-0.15, -0.1) is 11.8 Å². The third-order valence-electron chi connectivity index (χ3n) is 3.93. The SMILES string of the molecule is CC1NC(N)CC(CN2CSC(CCO)C2C)N1. The largest absolute Gasteiger partial charge is 0.396 e. The highest BCUT2D eigenvalue weighted by Gasteiger charge is 2.33. The van der Waals surface area contributed by atoms with Crippen molar-refractivity contribution in [2.75, 3.05) is 19.0 Å². The molecule has 6 heteroatoms. The van der Waals surface area contributed by atoms with Crippen LogP contribution in [-0.2, 0) is 0 Å². The summed E-state index contributed by atoms with van der Waals surface area (Å²) in [4.78, 5) is 2.51. The second-order valence-corrected chi connectivity index (χ2v) is 6.65. The van der Waals surface area contributed by atoms with Crippen molar-refractivity contribution in [1.29, 1.82) is 0 Å². The molecule has 2 rings (SSSR count). The number of aliphatic hydroxyl groups excluding tert-OH is 1.